The van der Waals surface area contributed by atoms with Crippen LogP contribution in [-0.2, 0) is 9.53 Å². The van der Waals surface area contributed by atoms with Gasteiger partial charge in [-0.15, -0.1) is 0 Å². The fourth-order valence-electron chi connectivity index (χ4n) is 4.96. The molecule has 2 aliphatic heterocycles. The Hall–Kier alpha value is -3.59. The minimum Gasteiger partial charge on any atom is -0.497 e. The zero-order valence-corrected chi connectivity index (χ0v) is 20.6. The van der Waals surface area contributed by atoms with E-state index in [4.69, 9.17) is 14.2 Å². The third kappa shape index (κ3) is 4.63. The molecule has 3 aliphatic rings. The van der Waals surface area contributed by atoms with Crippen molar-refractivity contribution in [3.05, 3.63) is 59.7 Å². The number of nitrogens with one attached hydrogen (secondary N) is 1. The molecule has 1 atom stereocenters. The Bertz CT molecular complexity index is 1140. The summed E-state index contributed by atoms with van der Waals surface area (Å²) < 4.78 is 16.7. The molecule has 0 unspecified atom stereocenters. The summed E-state index contributed by atoms with van der Waals surface area (Å²) in [7, 11) is 3.13. The molecule has 36 heavy (non-hydrogen) atoms. The molecular formula is C27H31N3O6. The lowest BCUT2D eigenvalue weighted by atomic mass is 9.96. The standard InChI is InChI=1S/C27H31N3O6/c1-34-21-10-6-18(7-11-21)26(33)30-23(24(31)28-20-8-9-20)17-36-27(30)12-14-29(15-13-27)25(32)19-4-3-5-22(16-19)35-2/h3-7,10-11,16,20,23H,8-9,12-15,17H2,1-2H3,(H,28,31)/t23-/m1/s1. The zero-order chi connectivity index (χ0) is 25.3. The lowest BCUT2D eigenvalue weighted by Crippen LogP contribution is -2.60. The number of piperidine rings is 1. The molecule has 2 saturated heterocycles. The van der Waals surface area contributed by atoms with Crippen LogP contribution in [0, 0.1) is 0 Å². The number of benzene rings is 2. The number of hydrogen-bond donors (Lipinski definition) is 1. The van der Waals surface area contributed by atoms with Crippen molar-refractivity contribution in [3.8, 4) is 11.5 Å². The molecule has 1 saturated carbocycles. The molecule has 5 rings (SSSR count). The quantitative estimate of drug-likeness (QED) is 0.664. The SMILES string of the molecule is COc1ccc(C(=O)N2[C@@H](C(=O)NC3CC3)COC23CCN(C(=O)c2cccc(OC)c2)CC3)cc1. The number of carbonyl (C=O) groups excluding carboxylic acids is 3. The summed E-state index contributed by atoms with van der Waals surface area (Å²) in [4.78, 5) is 43.4. The van der Waals surface area contributed by atoms with Gasteiger partial charge >= 0.3 is 0 Å². The van der Waals surface area contributed by atoms with Gasteiger partial charge in [-0.2, -0.15) is 0 Å². The van der Waals surface area contributed by atoms with Crippen molar-refractivity contribution < 1.29 is 28.6 Å². The van der Waals surface area contributed by atoms with E-state index in [1.165, 1.54) is 0 Å². The molecular weight excluding hydrogens is 462 g/mol. The maximum Gasteiger partial charge on any atom is 0.256 e. The smallest absolute Gasteiger partial charge is 0.256 e. The molecule has 9 nitrogen and oxygen atoms in total. The predicted octanol–water partition coefficient (Wildman–Crippen LogP) is 2.46. The van der Waals surface area contributed by atoms with Gasteiger partial charge in [-0.25, -0.2) is 0 Å². The minimum absolute atomic E-state index is 0.0993. The van der Waals surface area contributed by atoms with Crippen LogP contribution in [0.3, 0.4) is 0 Å². The highest BCUT2D eigenvalue weighted by Crippen LogP contribution is 2.39. The summed E-state index contributed by atoms with van der Waals surface area (Å²) in [6.07, 6.45) is 2.74. The van der Waals surface area contributed by atoms with Crippen molar-refractivity contribution in [3.63, 3.8) is 0 Å². The lowest BCUT2D eigenvalue weighted by Gasteiger charge is -2.44. The van der Waals surface area contributed by atoms with E-state index in [2.05, 4.69) is 5.32 Å². The van der Waals surface area contributed by atoms with Crippen molar-refractivity contribution >= 4 is 17.7 Å². The van der Waals surface area contributed by atoms with E-state index in [0.717, 1.165) is 12.8 Å². The van der Waals surface area contributed by atoms with Crippen molar-refractivity contribution in [2.24, 2.45) is 0 Å². The van der Waals surface area contributed by atoms with E-state index < -0.39 is 11.8 Å². The second-order valence-corrected chi connectivity index (χ2v) is 9.48. The summed E-state index contributed by atoms with van der Waals surface area (Å²) in [5, 5.41) is 3.02. The van der Waals surface area contributed by atoms with Crippen LogP contribution in [0.4, 0.5) is 0 Å². The van der Waals surface area contributed by atoms with Gasteiger partial charge in [-0.05, 0) is 55.3 Å². The van der Waals surface area contributed by atoms with E-state index in [0.29, 0.717) is 48.6 Å². The Kier molecular flexibility index (Phi) is 6.57. The molecule has 190 valence electrons. The second-order valence-electron chi connectivity index (χ2n) is 9.48. The van der Waals surface area contributed by atoms with E-state index in [1.807, 2.05) is 0 Å². The summed E-state index contributed by atoms with van der Waals surface area (Å²) in [6, 6.07) is 13.4. The van der Waals surface area contributed by atoms with Gasteiger partial charge in [0.15, 0.2) is 0 Å². The van der Waals surface area contributed by atoms with E-state index in [-0.39, 0.29) is 30.4 Å². The molecule has 9 heteroatoms. The molecule has 2 heterocycles. The highest BCUT2D eigenvalue weighted by atomic mass is 16.5. The molecule has 3 fully saturated rings. The maximum atomic E-state index is 13.8. The molecule has 1 spiro atoms. The van der Waals surface area contributed by atoms with Crippen LogP contribution < -0.4 is 14.8 Å². The number of methoxy groups -OCH3 is 2. The number of ether oxygens (including phenoxy) is 3. The number of amides is 3. The topological polar surface area (TPSA) is 97.4 Å². The Labute approximate surface area is 210 Å². The molecule has 2 aromatic rings. The maximum absolute atomic E-state index is 13.8. The van der Waals surface area contributed by atoms with Crippen molar-refractivity contribution in [1.82, 2.24) is 15.1 Å². The molecule has 0 bridgehead atoms. The average molecular weight is 494 g/mol. The Morgan fingerprint density at radius 1 is 0.917 bits per heavy atom. The normalized spacial score (nSPS) is 20.8. The fourth-order valence-corrected chi connectivity index (χ4v) is 4.96. The first-order valence-corrected chi connectivity index (χ1v) is 12.3. The first-order valence-electron chi connectivity index (χ1n) is 12.3. The minimum atomic E-state index is -0.951. The Balaban J connectivity index is 1.36. The molecule has 0 radical (unpaired) electrons. The van der Waals surface area contributed by atoms with Gasteiger partial charge in [0.05, 0.1) is 20.8 Å². The first kappa shape index (κ1) is 24.1. The van der Waals surface area contributed by atoms with Crippen LogP contribution in [0.25, 0.3) is 0 Å². The van der Waals surface area contributed by atoms with E-state index in [9.17, 15) is 14.4 Å². The zero-order valence-electron chi connectivity index (χ0n) is 20.6. The summed E-state index contributed by atoms with van der Waals surface area (Å²) >= 11 is 0. The van der Waals surface area contributed by atoms with E-state index in [1.54, 1.807) is 72.6 Å². The number of nitrogens with zero attached hydrogens (tertiary/aromatic N) is 2. The largest absolute Gasteiger partial charge is 0.497 e. The average Bonchev–Trinajstić information content (AvgIpc) is 3.67. The van der Waals surface area contributed by atoms with Crippen LogP contribution in [-0.4, -0.2) is 79.2 Å². The highest BCUT2D eigenvalue weighted by Gasteiger charge is 2.54. The second kappa shape index (κ2) is 9.81. The van der Waals surface area contributed by atoms with Crippen LogP contribution >= 0.6 is 0 Å². The van der Waals surface area contributed by atoms with Gasteiger partial charge in [0.25, 0.3) is 11.8 Å². The highest BCUT2D eigenvalue weighted by molar-refractivity contribution is 5.99. The van der Waals surface area contributed by atoms with Gasteiger partial charge < -0.3 is 24.4 Å². The number of hydrogen-bond acceptors (Lipinski definition) is 6. The van der Waals surface area contributed by atoms with Gasteiger partial charge in [0, 0.05) is 43.1 Å². The number of carbonyl (C=O) groups is 3. The first-order chi connectivity index (χ1) is 17.4. The van der Waals surface area contributed by atoms with Crippen molar-refractivity contribution in [1.29, 1.82) is 0 Å². The van der Waals surface area contributed by atoms with E-state index >= 15 is 0 Å². The van der Waals surface area contributed by atoms with Crippen LogP contribution in [0.1, 0.15) is 46.4 Å². The van der Waals surface area contributed by atoms with Gasteiger partial charge in [-0.1, -0.05) is 6.07 Å². The number of likely N-dealkylation sites (tertiary alicyclic amines) is 1. The van der Waals surface area contributed by atoms with Gasteiger partial charge in [-0.3, -0.25) is 19.3 Å². The van der Waals surface area contributed by atoms with Crippen LogP contribution in [0.2, 0.25) is 0 Å². The van der Waals surface area contributed by atoms with Crippen molar-refractivity contribution in [2.45, 2.75) is 43.5 Å². The molecule has 1 aliphatic carbocycles. The lowest BCUT2D eigenvalue weighted by molar-refractivity contribution is -0.128. The molecule has 2 aromatic carbocycles. The predicted molar refractivity (Wildman–Crippen MR) is 131 cm³/mol. The third-order valence-electron chi connectivity index (χ3n) is 7.19. The Morgan fingerprint density at radius 2 is 1.61 bits per heavy atom. The van der Waals surface area contributed by atoms with Gasteiger partial charge in [0.1, 0.15) is 23.3 Å². The number of rotatable bonds is 6. The van der Waals surface area contributed by atoms with Crippen LogP contribution in [0.15, 0.2) is 48.5 Å². The molecule has 1 N–H and O–H groups in total. The summed E-state index contributed by atoms with van der Waals surface area (Å²) in [5.74, 6) is 0.711. The third-order valence-corrected chi connectivity index (χ3v) is 7.19. The Morgan fingerprint density at radius 3 is 2.25 bits per heavy atom. The van der Waals surface area contributed by atoms with Crippen LogP contribution in [0.5, 0.6) is 11.5 Å². The summed E-state index contributed by atoms with van der Waals surface area (Å²) in [6.45, 7) is 0.934. The fraction of sp³-hybridized carbons (Fsp3) is 0.444. The summed E-state index contributed by atoms with van der Waals surface area (Å²) in [5.41, 5.74) is 0.0542. The molecule has 0 aromatic heterocycles. The monoisotopic (exact) mass is 493 g/mol. The van der Waals surface area contributed by atoms with Crippen molar-refractivity contribution in [2.75, 3.05) is 33.9 Å². The van der Waals surface area contributed by atoms with Gasteiger partial charge in [0.2, 0.25) is 5.91 Å². The molecule has 3 amide bonds.